The topological polar surface area (TPSA) is 101 Å². The molecule has 0 saturated heterocycles. The quantitative estimate of drug-likeness (QED) is 0.524. The molecule has 0 radical (unpaired) electrons. The number of nitrogens with one attached hydrogen (secondary N) is 2. The zero-order chi connectivity index (χ0) is 22.2. The van der Waals surface area contributed by atoms with Crippen LogP contribution in [0.4, 0.5) is 0 Å². The first-order valence-corrected chi connectivity index (χ1v) is 11.1. The molecule has 0 unspecified atom stereocenters. The van der Waals surface area contributed by atoms with Crippen LogP contribution in [0.5, 0.6) is 0 Å². The first-order chi connectivity index (χ1) is 14.1. The molecule has 1 aromatic carbocycles. The summed E-state index contributed by atoms with van der Waals surface area (Å²) in [6.07, 6.45) is 2.59. The van der Waals surface area contributed by atoms with Crippen LogP contribution in [0, 0.1) is 13.8 Å². The van der Waals surface area contributed by atoms with Crippen molar-refractivity contribution < 1.29 is 13.2 Å². The third kappa shape index (κ3) is 4.05. The highest BCUT2D eigenvalue weighted by molar-refractivity contribution is 7.72. The van der Waals surface area contributed by atoms with Crippen molar-refractivity contribution in [3.05, 3.63) is 62.7 Å². The molecular weight excluding hydrogens is 402 g/mol. The monoisotopic (exact) mass is 429 g/mol. The van der Waals surface area contributed by atoms with E-state index >= 15 is 0 Å². The molecule has 0 aliphatic heterocycles. The minimum Gasteiger partial charge on any atom is -0.348 e. The summed E-state index contributed by atoms with van der Waals surface area (Å²) in [4.78, 5) is 28.3. The number of H-pyrrole nitrogens is 1. The maximum Gasteiger partial charge on any atom is 0.253 e. The molecule has 0 aliphatic carbocycles. The zero-order valence-corrected chi connectivity index (χ0v) is 18.7. The fourth-order valence-electron chi connectivity index (χ4n) is 3.84. The molecule has 1 amide bonds. The Morgan fingerprint density at radius 3 is 2.50 bits per heavy atom. The molecule has 3 rings (SSSR count). The number of thiol groups is 1. The lowest BCUT2D eigenvalue weighted by Crippen LogP contribution is -2.28. The second-order valence-electron chi connectivity index (χ2n) is 7.78. The molecular formula is C22H27N3O4S. The van der Waals surface area contributed by atoms with Gasteiger partial charge in [-0.2, -0.15) is 0 Å². The van der Waals surface area contributed by atoms with E-state index in [-0.39, 0.29) is 23.0 Å². The average Bonchev–Trinajstić information content (AvgIpc) is 3.02. The Hall–Kier alpha value is -2.87. The highest BCUT2D eigenvalue weighted by atomic mass is 32.2. The number of rotatable bonds is 6. The number of pyridine rings is 1. The number of carbonyl (C=O) groups excluding carboxylic acids is 1. The molecule has 0 saturated carbocycles. The number of aryl methyl sites for hydroxylation is 3. The van der Waals surface area contributed by atoms with Gasteiger partial charge in [0.2, 0.25) is 0 Å². The summed E-state index contributed by atoms with van der Waals surface area (Å²) in [6.45, 7) is 9.73. The van der Waals surface area contributed by atoms with Gasteiger partial charge in [0.15, 0.2) is 10.7 Å². The molecule has 2 aromatic heterocycles. The van der Waals surface area contributed by atoms with E-state index in [2.05, 4.69) is 10.3 Å². The van der Waals surface area contributed by atoms with E-state index in [9.17, 15) is 18.0 Å². The van der Waals surface area contributed by atoms with Gasteiger partial charge in [-0.05, 0) is 63.4 Å². The van der Waals surface area contributed by atoms with Gasteiger partial charge in [0.25, 0.3) is 11.5 Å². The number of hydrogen-bond acceptors (Lipinski definition) is 4. The van der Waals surface area contributed by atoms with Crippen LogP contribution in [0.1, 0.15) is 59.6 Å². The Balaban J connectivity index is 2.06. The standard InChI is InChI=1S/C22H27N3O4S/c1-6-15-7-14(5)24-22(27)18(15)10-23-21(26)17-8-16(30(28)29)9-19-20(17)13(4)11-25(19)12(2)3/h7-9,11-12,30H,6,10H2,1-5H3,(H,23,26)(H,24,27). The first kappa shape index (κ1) is 21.8. The molecule has 3 aromatic rings. The number of aromatic nitrogens is 2. The Morgan fingerprint density at radius 2 is 1.90 bits per heavy atom. The predicted octanol–water partition coefficient (Wildman–Crippen LogP) is 2.99. The zero-order valence-electron chi connectivity index (χ0n) is 17.8. The lowest BCUT2D eigenvalue weighted by molar-refractivity contribution is 0.0952. The second-order valence-corrected chi connectivity index (χ2v) is 8.81. The lowest BCUT2D eigenvalue weighted by atomic mass is 10.0. The highest BCUT2D eigenvalue weighted by Crippen LogP contribution is 2.29. The molecule has 0 spiro atoms. The summed E-state index contributed by atoms with van der Waals surface area (Å²) in [5.74, 6) is -0.412. The third-order valence-electron chi connectivity index (χ3n) is 5.29. The van der Waals surface area contributed by atoms with Crippen LogP contribution in [-0.4, -0.2) is 23.9 Å². The van der Waals surface area contributed by atoms with Crippen molar-refractivity contribution in [3.8, 4) is 0 Å². The summed E-state index contributed by atoms with van der Waals surface area (Å²) in [7, 11) is -2.85. The number of fused-ring (bicyclic) bond motifs is 1. The smallest absolute Gasteiger partial charge is 0.253 e. The molecule has 0 fully saturated rings. The fraction of sp³-hybridized carbons (Fsp3) is 0.364. The molecule has 2 heterocycles. The lowest BCUT2D eigenvalue weighted by Gasteiger charge is -2.13. The van der Waals surface area contributed by atoms with E-state index in [1.807, 2.05) is 51.4 Å². The van der Waals surface area contributed by atoms with Crippen molar-refractivity contribution >= 4 is 27.5 Å². The van der Waals surface area contributed by atoms with Crippen molar-refractivity contribution in [1.29, 1.82) is 0 Å². The van der Waals surface area contributed by atoms with E-state index in [0.29, 0.717) is 23.1 Å². The van der Waals surface area contributed by atoms with Crippen LogP contribution in [0.25, 0.3) is 10.9 Å². The van der Waals surface area contributed by atoms with Gasteiger partial charge < -0.3 is 14.9 Å². The SMILES string of the molecule is CCc1cc(C)[nH]c(=O)c1CNC(=O)c1cc([SH](=O)=O)cc2c1c(C)cn2C(C)C. The number of amides is 1. The van der Waals surface area contributed by atoms with Gasteiger partial charge in [-0.1, -0.05) is 6.92 Å². The molecule has 0 atom stereocenters. The van der Waals surface area contributed by atoms with Crippen molar-refractivity contribution in [2.24, 2.45) is 0 Å². The Kier molecular flexibility index (Phi) is 6.17. The van der Waals surface area contributed by atoms with Gasteiger partial charge >= 0.3 is 0 Å². The van der Waals surface area contributed by atoms with E-state index in [1.165, 1.54) is 6.07 Å². The Bertz CT molecular complexity index is 1260. The van der Waals surface area contributed by atoms with Crippen LogP contribution in [0.3, 0.4) is 0 Å². The second kappa shape index (κ2) is 8.47. The van der Waals surface area contributed by atoms with Crippen LogP contribution >= 0.6 is 0 Å². The van der Waals surface area contributed by atoms with Crippen LogP contribution < -0.4 is 10.9 Å². The molecule has 7 nitrogen and oxygen atoms in total. The van der Waals surface area contributed by atoms with Gasteiger partial charge in [0.1, 0.15) is 0 Å². The number of carbonyl (C=O) groups is 1. The predicted molar refractivity (Wildman–Crippen MR) is 118 cm³/mol. The summed E-state index contributed by atoms with van der Waals surface area (Å²) in [5, 5.41) is 3.53. The van der Waals surface area contributed by atoms with Gasteiger partial charge in [-0.25, -0.2) is 8.42 Å². The van der Waals surface area contributed by atoms with Gasteiger partial charge in [-0.15, -0.1) is 0 Å². The normalized spacial score (nSPS) is 11.6. The fourth-order valence-corrected chi connectivity index (χ4v) is 4.30. The van der Waals surface area contributed by atoms with E-state index in [0.717, 1.165) is 22.2 Å². The number of aromatic amines is 1. The maximum absolute atomic E-state index is 13.1. The molecule has 160 valence electrons. The molecule has 0 aliphatic rings. The van der Waals surface area contributed by atoms with Crippen molar-refractivity contribution in [3.63, 3.8) is 0 Å². The summed E-state index contributed by atoms with van der Waals surface area (Å²) < 4.78 is 25.4. The van der Waals surface area contributed by atoms with Crippen LogP contribution in [0.2, 0.25) is 0 Å². The van der Waals surface area contributed by atoms with Gasteiger partial charge in [0, 0.05) is 35.4 Å². The number of benzene rings is 1. The first-order valence-electron chi connectivity index (χ1n) is 9.93. The van der Waals surface area contributed by atoms with Crippen molar-refractivity contribution in [1.82, 2.24) is 14.9 Å². The largest absolute Gasteiger partial charge is 0.348 e. The molecule has 0 bridgehead atoms. The summed E-state index contributed by atoms with van der Waals surface area (Å²) in [6, 6.07) is 5.01. The van der Waals surface area contributed by atoms with Gasteiger partial charge in [0.05, 0.1) is 16.0 Å². The summed E-state index contributed by atoms with van der Waals surface area (Å²) in [5.41, 5.74) is 3.81. The van der Waals surface area contributed by atoms with E-state index < -0.39 is 16.6 Å². The maximum atomic E-state index is 13.1. The average molecular weight is 430 g/mol. The Labute approximate surface area is 177 Å². The minimum atomic E-state index is -2.85. The highest BCUT2D eigenvalue weighted by Gasteiger charge is 2.19. The Morgan fingerprint density at radius 1 is 1.20 bits per heavy atom. The number of hydrogen-bond donors (Lipinski definition) is 3. The van der Waals surface area contributed by atoms with Crippen molar-refractivity contribution in [2.45, 2.75) is 58.5 Å². The summed E-state index contributed by atoms with van der Waals surface area (Å²) >= 11 is 0. The van der Waals surface area contributed by atoms with Crippen LogP contribution in [-0.2, 0) is 23.7 Å². The van der Waals surface area contributed by atoms with Gasteiger partial charge in [-0.3, -0.25) is 9.59 Å². The van der Waals surface area contributed by atoms with Crippen molar-refractivity contribution in [2.75, 3.05) is 0 Å². The number of nitrogens with zero attached hydrogens (tertiary/aromatic N) is 1. The van der Waals surface area contributed by atoms with Crippen LogP contribution in [0.15, 0.2) is 34.1 Å². The molecule has 2 N–H and O–H groups in total. The van der Waals surface area contributed by atoms with E-state index in [4.69, 9.17) is 0 Å². The minimum absolute atomic E-state index is 0.0663. The third-order valence-corrected chi connectivity index (χ3v) is 5.97. The molecule has 8 heteroatoms. The van der Waals surface area contributed by atoms with E-state index in [1.54, 1.807) is 6.07 Å². The molecule has 30 heavy (non-hydrogen) atoms.